The minimum Gasteiger partial charge on any atom is -0.382 e. The second kappa shape index (κ2) is 2.92. The van der Waals surface area contributed by atoms with E-state index < -0.39 is 0 Å². The number of nitrogen functional groups attached to an aromatic ring is 1. The van der Waals surface area contributed by atoms with Crippen LogP contribution in [0.4, 0.5) is 0 Å². The summed E-state index contributed by atoms with van der Waals surface area (Å²) < 4.78 is 0. The van der Waals surface area contributed by atoms with E-state index in [1.165, 1.54) is 12.3 Å². The molecule has 0 unspecified atom stereocenters. The topological polar surface area (TPSA) is 85.1 Å². The van der Waals surface area contributed by atoms with Gasteiger partial charge in [-0.15, -0.1) is 0 Å². The van der Waals surface area contributed by atoms with Crippen LogP contribution < -0.4 is 11.1 Å². The van der Waals surface area contributed by atoms with Crippen molar-refractivity contribution >= 4 is 12.1 Å². The zero-order valence-electron chi connectivity index (χ0n) is 5.78. The van der Waals surface area contributed by atoms with Crippen molar-refractivity contribution in [1.29, 1.82) is 5.41 Å². The molecule has 1 rings (SSSR count). The van der Waals surface area contributed by atoms with Gasteiger partial charge in [0.25, 0.3) is 0 Å². The summed E-state index contributed by atoms with van der Waals surface area (Å²) in [5.41, 5.74) is 6.12. The van der Waals surface area contributed by atoms with Crippen LogP contribution in [0.1, 0.15) is 11.3 Å². The van der Waals surface area contributed by atoms with Crippen molar-refractivity contribution in [2.24, 2.45) is 5.73 Å². The van der Waals surface area contributed by atoms with Crippen LogP contribution in [0.2, 0.25) is 0 Å². The number of nitrogens with zero attached hydrogens (tertiary/aromatic N) is 2. The Kier molecular flexibility index (Phi) is 1.96. The molecule has 4 heteroatoms. The normalized spacial score (nSPS) is 9.09. The fourth-order valence-electron chi connectivity index (χ4n) is 0.674. The first-order valence-electron chi connectivity index (χ1n) is 3.02. The minimum atomic E-state index is -0.103. The number of nitrogens with one attached hydrogen (secondary N) is 1. The summed E-state index contributed by atoms with van der Waals surface area (Å²) >= 11 is 0. The summed E-state index contributed by atoms with van der Waals surface area (Å²) in [6.45, 7) is 0. The Bertz CT molecular complexity index is 292. The van der Waals surface area contributed by atoms with E-state index in [9.17, 15) is 0 Å². The van der Waals surface area contributed by atoms with Crippen LogP contribution in [0.25, 0.3) is 0 Å². The van der Waals surface area contributed by atoms with Gasteiger partial charge in [0.15, 0.2) is 0 Å². The molecule has 0 aliphatic carbocycles. The molecule has 0 saturated heterocycles. The maximum Gasteiger partial charge on any atom is 0.141 e. The highest BCUT2D eigenvalue weighted by Gasteiger charge is 1.96. The van der Waals surface area contributed by atoms with Gasteiger partial charge < -0.3 is 5.73 Å². The van der Waals surface area contributed by atoms with Crippen LogP contribution in [-0.2, 0) is 0 Å². The molecule has 0 bridgehead atoms. The summed E-state index contributed by atoms with van der Waals surface area (Å²) in [6, 6.07) is 3.15. The molecule has 0 fully saturated rings. The third kappa shape index (κ3) is 1.61. The lowest BCUT2D eigenvalue weighted by Crippen LogP contribution is -2.13. The predicted molar refractivity (Wildman–Crippen MR) is 42.6 cm³/mol. The van der Waals surface area contributed by atoms with Crippen molar-refractivity contribution in [3.63, 3.8) is 0 Å². The molecule has 11 heavy (non-hydrogen) atoms. The van der Waals surface area contributed by atoms with Gasteiger partial charge in [-0.25, -0.2) is 0 Å². The molecule has 55 valence electrons. The van der Waals surface area contributed by atoms with Crippen LogP contribution >= 0.6 is 0 Å². The van der Waals surface area contributed by atoms with Gasteiger partial charge in [0.05, 0.1) is 6.21 Å². The zero-order valence-corrected chi connectivity index (χ0v) is 5.78. The molecule has 0 amide bonds. The molecule has 0 aliphatic rings. The van der Waals surface area contributed by atoms with E-state index in [0.717, 1.165) is 6.21 Å². The molecule has 1 aromatic rings. The average Bonchev–Trinajstić information content (AvgIpc) is 2.05. The van der Waals surface area contributed by atoms with Gasteiger partial charge in [0.2, 0.25) is 0 Å². The van der Waals surface area contributed by atoms with Crippen LogP contribution in [0.3, 0.4) is 0 Å². The minimum absolute atomic E-state index is 0.103. The molecular weight excluding hydrogens is 140 g/mol. The number of hydrogen-bond donors (Lipinski definition) is 2. The zero-order chi connectivity index (χ0) is 8.27. The fourth-order valence-corrected chi connectivity index (χ4v) is 0.674. The van der Waals surface area contributed by atoms with Crippen molar-refractivity contribution in [3.8, 4) is 0 Å². The average molecular weight is 147 g/mol. The van der Waals surface area contributed by atoms with Crippen LogP contribution in [0.15, 0.2) is 18.3 Å². The van der Waals surface area contributed by atoms with Crippen molar-refractivity contribution in [2.45, 2.75) is 0 Å². The van der Waals surface area contributed by atoms with E-state index in [-0.39, 0.29) is 5.84 Å². The first kappa shape index (κ1) is 7.40. The number of nitrogens with two attached hydrogens (primary N) is 1. The van der Waals surface area contributed by atoms with Crippen LogP contribution in [0.5, 0.6) is 0 Å². The molecule has 0 saturated carbocycles. The molecule has 3 N–H and O–H groups in total. The third-order valence-electron chi connectivity index (χ3n) is 1.21. The molecule has 1 aromatic heterocycles. The SMILES string of the molecule is [N]=Cc1ccnc(C(=N)N)c1. The van der Waals surface area contributed by atoms with Gasteiger partial charge in [-0.05, 0) is 17.7 Å². The van der Waals surface area contributed by atoms with E-state index >= 15 is 0 Å². The first-order valence-corrected chi connectivity index (χ1v) is 3.02. The summed E-state index contributed by atoms with van der Waals surface area (Å²) in [5.74, 6) is -0.103. The van der Waals surface area contributed by atoms with E-state index in [1.807, 2.05) is 0 Å². The highest BCUT2D eigenvalue weighted by molar-refractivity contribution is 5.94. The maximum atomic E-state index is 8.58. The van der Waals surface area contributed by atoms with Gasteiger partial charge in [0, 0.05) is 6.20 Å². The lowest BCUT2D eigenvalue weighted by molar-refractivity contribution is 1.25. The summed E-state index contributed by atoms with van der Waals surface area (Å²) in [7, 11) is 0. The van der Waals surface area contributed by atoms with Crippen molar-refractivity contribution in [3.05, 3.63) is 29.6 Å². The Labute approximate surface area is 64.1 Å². The number of aromatic nitrogens is 1. The molecular formula is C7H7N4. The summed E-state index contributed by atoms with van der Waals surface area (Å²) in [4.78, 5) is 3.81. The highest BCUT2D eigenvalue weighted by atomic mass is 14.8. The largest absolute Gasteiger partial charge is 0.382 e. The molecule has 0 aliphatic heterocycles. The quantitative estimate of drug-likeness (QED) is 0.440. The van der Waals surface area contributed by atoms with E-state index in [0.29, 0.717) is 11.3 Å². The highest BCUT2D eigenvalue weighted by Crippen LogP contribution is 1.96. The Hall–Kier alpha value is -1.71. The summed E-state index contributed by atoms with van der Waals surface area (Å²) in [6.07, 6.45) is 2.42. The van der Waals surface area contributed by atoms with E-state index in [2.05, 4.69) is 4.98 Å². The molecule has 1 heterocycles. The van der Waals surface area contributed by atoms with E-state index in [1.54, 1.807) is 6.07 Å². The number of hydrogen-bond acceptors (Lipinski definition) is 2. The Morgan fingerprint density at radius 1 is 1.73 bits per heavy atom. The van der Waals surface area contributed by atoms with Gasteiger partial charge in [-0.2, -0.15) is 5.41 Å². The fraction of sp³-hybridized carbons (Fsp3) is 0. The second-order valence-corrected chi connectivity index (χ2v) is 2.02. The number of pyridine rings is 1. The van der Waals surface area contributed by atoms with Crippen LogP contribution in [-0.4, -0.2) is 17.0 Å². The van der Waals surface area contributed by atoms with Gasteiger partial charge in [-0.3, -0.25) is 10.4 Å². The first-order chi connectivity index (χ1) is 5.24. The summed E-state index contributed by atoms with van der Waals surface area (Å²) in [5, 5.41) is 15.6. The lowest BCUT2D eigenvalue weighted by Gasteiger charge is -1.96. The monoisotopic (exact) mass is 147 g/mol. The number of rotatable bonds is 2. The van der Waals surface area contributed by atoms with Gasteiger partial charge in [0.1, 0.15) is 11.5 Å². The predicted octanol–water partition coefficient (Wildman–Crippen LogP) is -0.415. The molecule has 1 radical (unpaired) electrons. The van der Waals surface area contributed by atoms with Crippen molar-refractivity contribution in [2.75, 3.05) is 0 Å². The van der Waals surface area contributed by atoms with E-state index in [4.69, 9.17) is 16.6 Å². The molecule has 4 nitrogen and oxygen atoms in total. The van der Waals surface area contributed by atoms with Crippen molar-refractivity contribution < 1.29 is 0 Å². The van der Waals surface area contributed by atoms with Crippen LogP contribution in [0, 0.1) is 5.41 Å². The van der Waals surface area contributed by atoms with Gasteiger partial charge in [-0.1, -0.05) is 0 Å². The molecule has 0 aromatic carbocycles. The number of amidine groups is 1. The third-order valence-corrected chi connectivity index (χ3v) is 1.21. The lowest BCUT2D eigenvalue weighted by atomic mass is 10.2. The standard InChI is InChI=1S/C7H7N4/c8-4-5-1-2-11-6(3-5)7(9)10/h1-4H,(H3,9,10). The maximum absolute atomic E-state index is 8.58. The Balaban J connectivity index is 3.10. The van der Waals surface area contributed by atoms with Crippen molar-refractivity contribution in [1.82, 2.24) is 10.4 Å². The Morgan fingerprint density at radius 2 is 2.45 bits per heavy atom. The smallest absolute Gasteiger partial charge is 0.141 e. The molecule has 0 spiro atoms. The van der Waals surface area contributed by atoms with Gasteiger partial charge >= 0.3 is 0 Å². The second-order valence-electron chi connectivity index (χ2n) is 2.02. The molecule has 0 atom stereocenters. The Morgan fingerprint density at radius 3 is 3.00 bits per heavy atom.